The second kappa shape index (κ2) is 6.75. The lowest BCUT2D eigenvalue weighted by Gasteiger charge is -2.16. The number of hydrogen-bond donors (Lipinski definition) is 0. The van der Waals surface area contributed by atoms with Crippen molar-refractivity contribution in [2.75, 3.05) is 18.1 Å². The highest BCUT2D eigenvalue weighted by Crippen LogP contribution is 2.29. The van der Waals surface area contributed by atoms with Gasteiger partial charge >= 0.3 is 5.97 Å². The number of esters is 1. The Hall–Kier alpha value is -2.35. The summed E-state index contributed by atoms with van der Waals surface area (Å²) in [7, 11) is -3.02. The highest BCUT2D eigenvalue weighted by atomic mass is 32.2. The first kappa shape index (κ1) is 18.4. The van der Waals surface area contributed by atoms with E-state index in [4.69, 9.17) is 9.15 Å². The van der Waals surface area contributed by atoms with Gasteiger partial charge in [-0.15, -0.1) is 0 Å². The van der Waals surface area contributed by atoms with Crippen LogP contribution in [-0.4, -0.2) is 42.9 Å². The maximum absolute atomic E-state index is 12.5. The van der Waals surface area contributed by atoms with Crippen LogP contribution < -0.4 is 0 Å². The van der Waals surface area contributed by atoms with Gasteiger partial charge in [0.15, 0.2) is 16.4 Å². The number of furan rings is 1. The average molecular weight is 379 g/mol. The number of nitrogens with zero attached hydrogens (tertiary/aromatic N) is 1. The van der Waals surface area contributed by atoms with Crippen molar-refractivity contribution in [1.29, 1.82) is 0 Å². The molecule has 1 atom stereocenters. The van der Waals surface area contributed by atoms with Crippen molar-refractivity contribution in [3.63, 3.8) is 0 Å². The Morgan fingerprint density at radius 3 is 2.62 bits per heavy atom. The fourth-order valence-corrected chi connectivity index (χ4v) is 5.16. The first-order valence-corrected chi connectivity index (χ1v) is 10.1. The SMILES string of the molecule is Cc1ccoc1C(=O)OCC(=O)c1cc(C)n(C2CCS(=O)(=O)C2)c1C. The van der Waals surface area contributed by atoms with E-state index in [-0.39, 0.29) is 29.1 Å². The molecule has 2 aromatic rings. The van der Waals surface area contributed by atoms with Gasteiger partial charge in [-0.2, -0.15) is 0 Å². The van der Waals surface area contributed by atoms with E-state index in [0.717, 1.165) is 5.69 Å². The Balaban J connectivity index is 1.73. The molecule has 1 saturated heterocycles. The molecule has 1 unspecified atom stereocenters. The number of sulfone groups is 1. The zero-order chi connectivity index (χ0) is 19.1. The summed E-state index contributed by atoms with van der Waals surface area (Å²) < 4.78 is 35.5. The number of ketones is 1. The zero-order valence-electron chi connectivity index (χ0n) is 14.9. The minimum absolute atomic E-state index is 0.0828. The quantitative estimate of drug-likeness (QED) is 0.585. The number of ether oxygens (including phenoxy) is 1. The second-order valence-electron chi connectivity index (χ2n) is 6.64. The molecule has 3 rings (SSSR count). The molecule has 0 radical (unpaired) electrons. The molecule has 0 N–H and O–H groups in total. The van der Waals surface area contributed by atoms with Gasteiger partial charge in [-0.3, -0.25) is 4.79 Å². The molecule has 0 spiro atoms. The van der Waals surface area contributed by atoms with E-state index in [9.17, 15) is 18.0 Å². The molecular formula is C18H21NO6S. The van der Waals surface area contributed by atoms with Gasteiger partial charge in [0.05, 0.1) is 17.8 Å². The van der Waals surface area contributed by atoms with Crippen LogP contribution in [0.2, 0.25) is 0 Å². The van der Waals surface area contributed by atoms with Crippen LogP contribution in [0.15, 0.2) is 22.8 Å². The fraction of sp³-hybridized carbons (Fsp3) is 0.444. The van der Waals surface area contributed by atoms with Gasteiger partial charge in [-0.05, 0) is 39.3 Å². The maximum atomic E-state index is 12.5. The van der Waals surface area contributed by atoms with Crippen LogP contribution in [0.5, 0.6) is 0 Å². The topological polar surface area (TPSA) is 95.6 Å². The number of carbonyl (C=O) groups excluding carboxylic acids is 2. The van der Waals surface area contributed by atoms with Crippen LogP contribution in [-0.2, 0) is 14.6 Å². The van der Waals surface area contributed by atoms with Gasteiger partial charge in [0.2, 0.25) is 11.5 Å². The molecule has 1 fully saturated rings. The van der Waals surface area contributed by atoms with Crippen molar-refractivity contribution < 1.29 is 27.2 Å². The van der Waals surface area contributed by atoms with Crippen molar-refractivity contribution in [3.8, 4) is 0 Å². The molecule has 1 aliphatic heterocycles. The average Bonchev–Trinajstić information content (AvgIpc) is 3.22. The Kier molecular flexibility index (Phi) is 4.79. The minimum atomic E-state index is -3.02. The third-order valence-electron chi connectivity index (χ3n) is 4.74. The van der Waals surface area contributed by atoms with E-state index in [1.54, 1.807) is 26.0 Å². The molecule has 140 valence electrons. The molecule has 8 heteroatoms. The van der Waals surface area contributed by atoms with Crippen molar-refractivity contribution in [1.82, 2.24) is 4.57 Å². The van der Waals surface area contributed by atoms with Gasteiger partial charge in [-0.25, -0.2) is 13.2 Å². The number of Topliss-reactive ketones (excluding diaryl/α,β-unsaturated/α-hetero) is 1. The van der Waals surface area contributed by atoms with E-state index in [2.05, 4.69) is 0 Å². The fourth-order valence-electron chi connectivity index (χ4n) is 3.46. The summed E-state index contributed by atoms with van der Waals surface area (Å²) in [5.41, 5.74) is 2.60. The van der Waals surface area contributed by atoms with E-state index < -0.39 is 22.4 Å². The Bertz CT molecular complexity index is 966. The Morgan fingerprint density at radius 1 is 1.31 bits per heavy atom. The summed E-state index contributed by atoms with van der Waals surface area (Å²) in [4.78, 5) is 24.5. The molecule has 1 aliphatic rings. The number of aromatic nitrogens is 1. The van der Waals surface area contributed by atoms with Gasteiger partial charge in [0.25, 0.3) is 0 Å². The first-order chi connectivity index (χ1) is 12.2. The molecule has 7 nitrogen and oxygen atoms in total. The Morgan fingerprint density at radius 2 is 2.04 bits per heavy atom. The van der Waals surface area contributed by atoms with Crippen molar-refractivity contribution in [2.45, 2.75) is 33.2 Å². The standard InChI is InChI=1S/C18H21NO6S/c1-11-4-6-24-17(11)18(21)25-9-16(20)15-8-12(2)19(13(15)3)14-5-7-26(22,23)10-14/h4,6,8,14H,5,7,9-10H2,1-3H3. The number of rotatable bonds is 5. The second-order valence-corrected chi connectivity index (χ2v) is 8.87. The predicted octanol–water partition coefficient (Wildman–Crippen LogP) is 2.41. The predicted molar refractivity (Wildman–Crippen MR) is 94.3 cm³/mol. The highest BCUT2D eigenvalue weighted by Gasteiger charge is 2.31. The van der Waals surface area contributed by atoms with E-state index in [0.29, 0.717) is 23.2 Å². The van der Waals surface area contributed by atoms with Crippen LogP contribution in [0.3, 0.4) is 0 Å². The van der Waals surface area contributed by atoms with Crippen LogP contribution in [0.25, 0.3) is 0 Å². The third kappa shape index (κ3) is 3.46. The smallest absolute Gasteiger partial charge is 0.374 e. The van der Waals surface area contributed by atoms with Crippen molar-refractivity contribution in [3.05, 3.63) is 46.7 Å². The molecule has 0 bridgehead atoms. The van der Waals surface area contributed by atoms with Crippen LogP contribution in [0.1, 0.15) is 50.3 Å². The third-order valence-corrected chi connectivity index (χ3v) is 6.49. The lowest BCUT2D eigenvalue weighted by molar-refractivity contribution is 0.0442. The zero-order valence-corrected chi connectivity index (χ0v) is 15.8. The molecule has 2 aromatic heterocycles. The van der Waals surface area contributed by atoms with Crippen LogP contribution in [0, 0.1) is 20.8 Å². The summed E-state index contributed by atoms with van der Waals surface area (Å²) in [5.74, 6) is -0.680. The van der Waals surface area contributed by atoms with Crippen molar-refractivity contribution >= 4 is 21.6 Å². The number of carbonyl (C=O) groups is 2. The van der Waals surface area contributed by atoms with E-state index in [1.807, 2.05) is 11.5 Å². The van der Waals surface area contributed by atoms with E-state index >= 15 is 0 Å². The minimum Gasteiger partial charge on any atom is -0.457 e. The monoisotopic (exact) mass is 379 g/mol. The first-order valence-electron chi connectivity index (χ1n) is 8.33. The summed E-state index contributed by atoms with van der Waals surface area (Å²) in [6, 6.07) is 3.20. The van der Waals surface area contributed by atoms with Gasteiger partial charge < -0.3 is 13.7 Å². The molecule has 0 aliphatic carbocycles. The summed E-state index contributed by atoms with van der Waals surface area (Å²) >= 11 is 0. The number of hydrogen-bond acceptors (Lipinski definition) is 6. The lowest BCUT2D eigenvalue weighted by atomic mass is 10.1. The molecule has 0 amide bonds. The van der Waals surface area contributed by atoms with Crippen LogP contribution >= 0.6 is 0 Å². The lowest BCUT2D eigenvalue weighted by Crippen LogP contribution is -2.17. The maximum Gasteiger partial charge on any atom is 0.374 e. The number of aryl methyl sites for hydroxylation is 2. The highest BCUT2D eigenvalue weighted by molar-refractivity contribution is 7.91. The summed E-state index contributed by atoms with van der Waals surface area (Å²) in [6.07, 6.45) is 1.93. The van der Waals surface area contributed by atoms with E-state index in [1.165, 1.54) is 6.26 Å². The molecule has 0 saturated carbocycles. The molecule has 3 heterocycles. The van der Waals surface area contributed by atoms with Crippen molar-refractivity contribution in [2.24, 2.45) is 0 Å². The Labute approximate surface area is 151 Å². The summed E-state index contributed by atoms with van der Waals surface area (Å²) in [5, 5.41) is 0. The summed E-state index contributed by atoms with van der Waals surface area (Å²) in [6.45, 7) is 4.94. The van der Waals surface area contributed by atoms with Gasteiger partial charge in [0, 0.05) is 28.6 Å². The molecule has 0 aromatic carbocycles. The molecular weight excluding hydrogens is 358 g/mol. The van der Waals surface area contributed by atoms with Gasteiger partial charge in [-0.1, -0.05) is 0 Å². The van der Waals surface area contributed by atoms with Gasteiger partial charge in [0.1, 0.15) is 0 Å². The normalized spacial score (nSPS) is 18.8. The van der Waals surface area contributed by atoms with Crippen LogP contribution in [0.4, 0.5) is 0 Å². The molecule has 26 heavy (non-hydrogen) atoms. The largest absolute Gasteiger partial charge is 0.457 e.